The number of carbonyl (C=O) groups excluding carboxylic acids is 1. The molecule has 1 aromatic heterocycles. The molecule has 0 spiro atoms. The third-order valence-corrected chi connectivity index (χ3v) is 3.90. The SMILES string of the molecule is COc1ccc(Cc2ncc3c(n2)CN(C(=O)C(C)O)C3)cc1. The van der Waals surface area contributed by atoms with Gasteiger partial charge in [0, 0.05) is 24.7 Å². The molecule has 1 unspecified atom stereocenters. The fraction of sp³-hybridized carbons (Fsp3) is 0.353. The van der Waals surface area contributed by atoms with E-state index in [1.165, 1.54) is 6.92 Å². The molecule has 6 nitrogen and oxygen atoms in total. The minimum Gasteiger partial charge on any atom is -0.497 e. The Labute approximate surface area is 134 Å². The van der Waals surface area contributed by atoms with Crippen molar-refractivity contribution in [2.75, 3.05) is 7.11 Å². The maximum absolute atomic E-state index is 11.9. The van der Waals surface area contributed by atoms with Crippen molar-refractivity contribution >= 4 is 5.91 Å². The first-order valence-electron chi connectivity index (χ1n) is 7.50. The van der Waals surface area contributed by atoms with E-state index in [1.54, 1.807) is 18.2 Å². The van der Waals surface area contributed by atoms with Gasteiger partial charge in [-0.3, -0.25) is 4.79 Å². The predicted octanol–water partition coefficient (Wildman–Crippen LogP) is 1.30. The van der Waals surface area contributed by atoms with Crippen LogP contribution in [0.2, 0.25) is 0 Å². The zero-order chi connectivity index (χ0) is 16.4. The third kappa shape index (κ3) is 3.32. The topological polar surface area (TPSA) is 75.6 Å². The van der Waals surface area contributed by atoms with Crippen molar-refractivity contribution < 1.29 is 14.6 Å². The molecule has 2 heterocycles. The van der Waals surface area contributed by atoms with E-state index in [9.17, 15) is 9.90 Å². The summed E-state index contributed by atoms with van der Waals surface area (Å²) in [4.78, 5) is 22.4. The van der Waals surface area contributed by atoms with Gasteiger partial charge in [0.2, 0.25) is 0 Å². The summed E-state index contributed by atoms with van der Waals surface area (Å²) in [6.45, 7) is 2.37. The van der Waals surface area contributed by atoms with Gasteiger partial charge in [0.15, 0.2) is 0 Å². The molecule has 0 radical (unpaired) electrons. The van der Waals surface area contributed by atoms with Gasteiger partial charge in [-0.1, -0.05) is 12.1 Å². The number of aromatic nitrogens is 2. The van der Waals surface area contributed by atoms with E-state index in [4.69, 9.17) is 4.74 Å². The highest BCUT2D eigenvalue weighted by Gasteiger charge is 2.27. The van der Waals surface area contributed by atoms with E-state index in [0.717, 1.165) is 28.4 Å². The average Bonchev–Trinajstić information content (AvgIpc) is 2.98. The lowest BCUT2D eigenvalue weighted by atomic mass is 10.1. The maximum Gasteiger partial charge on any atom is 0.251 e. The zero-order valence-electron chi connectivity index (χ0n) is 13.2. The van der Waals surface area contributed by atoms with Gasteiger partial charge >= 0.3 is 0 Å². The van der Waals surface area contributed by atoms with Crippen molar-refractivity contribution in [3.63, 3.8) is 0 Å². The van der Waals surface area contributed by atoms with Crippen molar-refractivity contribution in [3.8, 4) is 5.75 Å². The molecule has 0 bridgehead atoms. The fourth-order valence-corrected chi connectivity index (χ4v) is 2.63. The molecule has 0 saturated carbocycles. The number of ether oxygens (including phenoxy) is 1. The number of amides is 1. The van der Waals surface area contributed by atoms with Gasteiger partial charge in [-0.2, -0.15) is 0 Å². The van der Waals surface area contributed by atoms with Crippen molar-refractivity contribution in [3.05, 3.63) is 53.1 Å². The minimum atomic E-state index is -0.990. The average molecular weight is 313 g/mol. The number of hydrogen-bond donors (Lipinski definition) is 1. The molecule has 1 atom stereocenters. The number of fused-ring (bicyclic) bond motifs is 1. The summed E-state index contributed by atoms with van der Waals surface area (Å²) in [7, 11) is 1.64. The van der Waals surface area contributed by atoms with Crippen LogP contribution in [0.4, 0.5) is 0 Å². The summed E-state index contributed by atoms with van der Waals surface area (Å²) in [5.74, 6) is 1.26. The predicted molar refractivity (Wildman–Crippen MR) is 83.8 cm³/mol. The highest BCUT2D eigenvalue weighted by Crippen LogP contribution is 2.22. The lowest BCUT2D eigenvalue weighted by Crippen LogP contribution is -2.33. The van der Waals surface area contributed by atoms with E-state index in [2.05, 4.69) is 9.97 Å². The van der Waals surface area contributed by atoms with Gasteiger partial charge in [0.05, 0.1) is 19.3 Å². The van der Waals surface area contributed by atoms with Crippen molar-refractivity contribution in [1.82, 2.24) is 14.9 Å². The van der Waals surface area contributed by atoms with E-state index < -0.39 is 6.10 Å². The Morgan fingerprint density at radius 3 is 2.74 bits per heavy atom. The molecule has 1 aliphatic heterocycles. The number of nitrogens with zero attached hydrogens (tertiary/aromatic N) is 3. The van der Waals surface area contributed by atoms with Crippen LogP contribution in [-0.2, 0) is 24.3 Å². The lowest BCUT2D eigenvalue weighted by molar-refractivity contribution is -0.139. The normalized spacial score (nSPS) is 14.5. The Morgan fingerprint density at radius 2 is 2.09 bits per heavy atom. The fourth-order valence-electron chi connectivity index (χ4n) is 2.63. The van der Waals surface area contributed by atoms with Crippen molar-refractivity contribution in [2.45, 2.75) is 32.5 Å². The Kier molecular flexibility index (Phi) is 4.25. The molecule has 1 N–H and O–H groups in total. The monoisotopic (exact) mass is 313 g/mol. The van der Waals surface area contributed by atoms with Crippen molar-refractivity contribution in [2.24, 2.45) is 0 Å². The molecule has 120 valence electrons. The quantitative estimate of drug-likeness (QED) is 0.921. The molecule has 3 rings (SSSR count). The maximum atomic E-state index is 11.9. The summed E-state index contributed by atoms with van der Waals surface area (Å²) in [6.07, 6.45) is 1.41. The molecule has 2 aromatic rings. The highest BCUT2D eigenvalue weighted by atomic mass is 16.5. The number of aliphatic hydroxyl groups excluding tert-OH is 1. The van der Waals surface area contributed by atoms with Crippen LogP contribution in [0, 0.1) is 0 Å². The molecule has 0 fully saturated rings. The standard InChI is InChI=1S/C17H19N3O3/c1-11(21)17(22)20-9-13-8-18-16(19-15(13)10-20)7-12-3-5-14(23-2)6-4-12/h3-6,8,11,21H,7,9-10H2,1-2H3. The first-order valence-corrected chi connectivity index (χ1v) is 7.50. The van der Waals surface area contributed by atoms with Gasteiger partial charge in [0.1, 0.15) is 17.7 Å². The van der Waals surface area contributed by atoms with E-state index >= 15 is 0 Å². The van der Waals surface area contributed by atoms with Crippen LogP contribution in [0.25, 0.3) is 0 Å². The van der Waals surface area contributed by atoms with Crippen LogP contribution in [0.3, 0.4) is 0 Å². The Hall–Kier alpha value is -2.47. The zero-order valence-corrected chi connectivity index (χ0v) is 13.2. The van der Waals surface area contributed by atoms with Crippen LogP contribution in [-0.4, -0.2) is 39.1 Å². The second kappa shape index (κ2) is 6.34. The molecule has 1 amide bonds. The third-order valence-electron chi connectivity index (χ3n) is 3.90. The number of aliphatic hydroxyl groups is 1. The van der Waals surface area contributed by atoms with Crippen LogP contribution < -0.4 is 4.74 Å². The minimum absolute atomic E-state index is 0.278. The van der Waals surface area contributed by atoms with Gasteiger partial charge < -0.3 is 14.7 Å². The Balaban J connectivity index is 1.73. The van der Waals surface area contributed by atoms with Crippen molar-refractivity contribution in [1.29, 1.82) is 0 Å². The number of rotatable bonds is 4. The molecule has 1 aromatic carbocycles. The van der Waals surface area contributed by atoms with Gasteiger partial charge in [0.25, 0.3) is 5.91 Å². The summed E-state index contributed by atoms with van der Waals surface area (Å²) >= 11 is 0. The second-order valence-electron chi connectivity index (χ2n) is 5.65. The van der Waals surface area contributed by atoms with Gasteiger partial charge in [-0.25, -0.2) is 9.97 Å². The molecule has 0 aliphatic carbocycles. The second-order valence-corrected chi connectivity index (χ2v) is 5.65. The van der Waals surface area contributed by atoms with E-state index in [1.807, 2.05) is 24.3 Å². The molecular weight excluding hydrogens is 294 g/mol. The Bertz CT molecular complexity index is 714. The first kappa shape index (κ1) is 15.4. The van der Waals surface area contributed by atoms with Crippen LogP contribution >= 0.6 is 0 Å². The van der Waals surface area contributed by atoms with Gasteiger partial charge in [-0.15, -0.1) is 0 Å². The number of methoxy groups -OCH3 is 1. The van der Waals surface area contributed by atoms with Crippen LogP contribution in [0.5, 0.6) is 5.75 Å². The number of hydrogen-bond acceptors (Lipinski definition) is 5. The molecule has 23 heavy (non-hydrogen) atoms. The first-order chi connectivity index (χ1) is 11.1. The molecule has 1 aliphatic rings. The number of benzene rings is 1. The smallest absolute Gasteiger partial charge is 0.251 e. The number of carbonyl (C=O) groups is 1. The summed E-state index contributed by atoms with van der Waals surface area (Å²) in [5, 5.41) is 9.42. The largest absolute Gasteiger partial charge is 0.497 e. The van der Waals surface area contributed by atoms with Crippen LogP contribution in [0.15, 0.2) is 30.5 Å². The molecule has 0 saturated heterocycles. The summed E-state index contributed by atoms with van der Waals surface area (Å²) in [5.41, 5.74) is 2.90. The summed E-state index contributed by atoms with van der Waals surface area (Å²) in [6, 6.07) is 7.79. The van der Waals surface area contributed by atoms with Gasteiger partial charge in [-0.05, 0) is 24.6 Å². The van der Waals surface area contributed by atoms with Crippen LogP contribution in [0.1, 0.15) is 29.6 Å². The lowest BCUT2D eigenvalue weighted by Gasteiger charge is -2.16. The molecule has 6 heteroatoms. The van der Waals surface area contributed by atoms with E-state index in [-0.39, 0.29) is 5.91 Å². The molecular formula is C17H19N3O3. The highest BCUT2D eigenvalue weighted by molar-refractivity contribution is 5.80. The summed E-state index contributed by atoms with van der Waals surface area (Å²) < 4.78 is 5.14. The Morgan fingerprint density at radius 1 is 1.35 bits per heavy atom. The van der Waals surface area contributed by atoms with E-state index in [0.29, 0.717) is 19.5 Å².